The van der Waals surface area contributed by atoms with E-state index in [1.165, 1.54) is 6.20 Å². The van der Waals surface area contributed by atoms with Gasteiger partial charge in [-0.15, -0.1) is 0 Å². The molecular formula is C19H15ClN2O2. The van der Waals surface area contributed by atoms with Crippen molar-refractivity contribution in [1.29, 1.82) is 0 Å². The van der Waals surface area contributed by atoms with Crippen LogP contribution >= 0.6 is 11.6 Å². The summed E-state index contributed by atoms with van der Waals surface area (Å²) >= 11 is 5.90. The van der Waals surface area contributed by atoms with Crippen molar-refractivity contribution < 1.29 is 9.53 Å². The van der Waals surface area contributed by atoms with Crippen LogP contribution in [0.5, 0.6) is 5.75 Å². The zero-order valence-corrected chi connectivity index (χ0v) is 13.5. The van der Waals surface area contributed by atoms with Crippen LogP contribution in [-0.2, 0) is 6.61 Å². The molecule has 0 aliphatic carbocycles. The second-order valence-corrected chi connectivity index (χ2v) is 5.54. The first kappa shape index (κ1) is 16.0. The van der Waals surface area contributed by atoms with Gasteiger partial charge >= 0.3 is 0 Å². The summed E-state index contributed by atoms with van der Waals surface area (Å²) < 4.78 is 5.62. The van der Waals surface area contributed by atoms with Crippen LogP contribution < -0.4 is 10.1 Å². The lowest BCUT2D eigenvalue weighted by Gasteiger charge is -2.07. The number of nitrogens with zero attached hydrogens (tertiary/aromatic N) is 1. The molecule has 3 aromatic rings. The van der Waals surface area contributed by atoms with Crippen LogP contribution in [0.3, 0.4) is 0 Å². The van der Waals surface area contributed by atoms with Gasteiger partial charge in [0.1, 0.15) is 12.4 Å². The van der Waals surface area contributed by atoms with Gasteiger partial charge in [0.05, 0.1) is 11.3 Å². The molecule has 120 valence electrons. The van der Waals surface area contributed by atoms with Crippen molar-refractivity contribution in [3.8, 4) is 5.75 Å². The van der Waals surface area contributed by atoms with Crippen molar-refractivity contribution in [2.75, 3.05) is 5.32 Å². The molecular weight excluding hydrogens is 324 g/mol. The standard InChI is InChI=1S/C19H15ClN2O2/c20-15-5-4-6-16(11-15)22-19(23)14-9-10-17(21-12-14)13-24-18-7-2-1-3-8-18/h1-12H,13H2,(H,22,23). The van der Waals surface area contributed by atoms with E-state index >= 15 is 0 Å². The molecule has 0 spiro atoms. The molecule has 0 aliphatic rings. The molecule has 1 amide bonds. The minimum absolute atomic E-state index is 0.236. The minimum atomic E-state index is -0.236. The van der Waals surface area contributed by atoms with Crippen molar-refractivity contribution in [3.05, 3.63) is 89.2 Å². The third-order valence-electron chi connectivity index (χ3n) is 3.30. The van der Waals surface area contributed by atoms with Crippen LogP contribution in [0.15, 0.2) is 72.9 Å². The third-order valence-corrected chi connectivity index (χ3v) is 3.53. The normalized spacial score (nSPS) is 10.2. The number of amides is 1. The van der Waals surface area contributed by atoms with Gasteiger partial charge in [0.15, 0.2) is 0 Å². The number of para-hydroxylation sites is 1. The van der Waals surface area contributed by atoms with Gasteiger partial charge in [-0.05, 0) is 42.5 Å². The molecule has 0 atom stereocenters. The molecule has 0 radical (unpaired) electrons. The summed E-state index contributed by atoms with van der Waals surface area (Å²) in [6.07, 6.45) is 1.53. The first-order chi connectivity index (χ1) is 11.7. The molecule has 1 heterocycles. The predicted molar refractivity (Wildman–Crippen MR) is 94.4 cm³/mol. The van der Waals surface area contributed by atoms with E-state index in [9.17, 15) is 4.79 Å². The molecule has 1 aromatic heterocycles. The monoisotopic (exact) mass is 338 g/mol. The number of aromatic nitrogens is 1. The Morgan fingerprint density at radius 1 is 1.04 bits per heavy atom. The van der Waals surface area contributed by atoms with Crippen LogP contribution in [0, 0.1) is 0 Å². The highest BCUT2D eigenvalue weighted by atomic mass is 35.5. The van der Waals surface area contributed by atoms with Gasteiger partial charge in [0, 0.05) is 16.9 Å². The molecule has 0 saturated carbocycles. The van der Waals surface area contributed by atoms with Gasteiger partial charge in [-0.25, -0.2) is 0 Å². The molecule has 1 N–H and O–H groups in total. The van der Waals surface area contributed by atoms with Crippen LogP contribution in [0.25, 0.3) is 0 Å². The number of nitrogens with one attached hydrogen (secondary N) is 1. The highest BCUT2D eigenvalue weighted by molar-refractivity contribution is 6.30. The number of pyridine rings is 1. The Morgan fingerprint density at radius 3 is 2.58 bits per heavy atom. The lowest BCUT2D eigenvalue weighted by atomic mass is 10.2. The van der Waals surface area contributed by atoms with Crippen molar-refractivity contribution in [1.82, 2.24) is 4.98 Å². The number of carbonyl (C=O) groups is 1. The molecule has 24 heavy (non-hydrogen) atoms. The Morgan fingerprint density at radius 2 is 1.88 bits per heavy atom. The Bertz CT molecular complexity index is 820. The first-order valence-corrected chi connectivity index (χ1v) is 7.78. The Balaban J connectivity index is 1.60. The van der Waals surface area contributed by atoms with Gasteiger partial charge in [-0.2, -0.15) is 0 Å². The van der Waals surface area contributed by atoms with Crippen molar-refractivity contribution in [2.24, 2.45) is 0 Å². The molecule has 0 saturated heterocycles. The summed E-state index contributed by atoms with van der Waals surface area (Å²) in [6.45, 7) is 0.347. The minimum Gasteiger partial charge on any atom is -0.487 e. The number of hydrogen-bond acceptors (Lipinski definition) is 3. The van der Waals surface area contributed by atoms with Gasteiger partial charge < -0.3 is 10.1 Å². The van der Waals surface area contributed by atoms with Gasteiger partial charge in [-0.1, -0.05) is 35.9 Å². The molecule has 4 nitrogen and oxygen atoms in total. The maximum absolute atomic E-state index is 12.2. The Hall–Kier alpha value is -2.85. The van der Waals surface area contributed by atoms with Crippen molar-refractivity contribution >= 4 is 23.2 Å². The lowest BCUT2D eigenvalue weighted by Crippen LogP contribution is -2.12. The van der Waals surface area contributed by atoms with E-state index in [0.717, 1.165) is 11.4 Å². The van der Waals surface area contributed by atoms with E-state index in [-0.39, 0.29) is 5.91 Å². The molecule has 5 heteroatoms. The maximum Gasteiger partial charge on any atom is 0.257 e. The number of hydrogen-bond donors (Lipinski definition) is 1. The van der Waals surface area contributed by atoms with Crippen molar-refractivity contribution in [2.45, 2.75) is 6.61 Å². The van der Waals surface area contributed by atoms with Crippen LogP contribution in [-0.4, -0.2) is 10.9 Å². The summed E-state index contributed by atoms with van der Waals surface area (Å²) in [6, 6.07) is 20.0. The summed E-state index contributed by atoms with van der Waals surface area (Å²) in [5.41, 5.74) is 1.86. The van der Waals surface area contributed by atoms with Crippen LogP contribution in [0.4, 0.5) is 5.69 Å². The van der Waals surface area contributed by atoms with E-state index < -0.39 is 0 Å². The highest BCUT2D eigenvalue weighted by Crippen LogP contribution is 2.16. The molecule has 0 unspecified atom stereocenters. The van der Waals surface area contributed by atoms with E-state index in [2.05, 4.69) is 10.3 Å². The average molecular weight is 339 g/mol. The molecule has 2 aromatic carbocycles. The first-order valence-electron chi connectivity index (χ1n) is 7.40. The molecule has 0 fully saturated rings. The topological polar surface area (TPSA) is 51.2 Å². The highest BCUT2D eigenvalue weighted by Gasteiger charge is 2.07. The van der Waals surface area contributed by atoms with E-state index in [4.69, 9.17) is 16.3 Å². The quantitative estimate of drug-likeness (QED) is 0.741. The second kappa shape index (κ2) is 7.62. The number of rotatable bonds is 5. The number of carbonyl (C=O) groups excluding carboxylic acids is 1. The fraction of sp³-hybridized carbons (Fsp3) is 0.0526. The van der Waals surface area contributed by atoms with E-state index in [1.54, 1.807) is 36.4 Å². The van der Waals surface area contributed by atoms with Crippen molar-refractivity contribution in [3.63, 3.8) is 0 Å². The molecule has 0 aliphatic heterocycles. The molecule has 0 bridgehead atoms. The maximum atomic E-state index is 12.2. The predicted octanol–water partition coefficient (Wildman–Crippen LogP) is 4.57. The third kappa shape index (κ3) is 4.33. The molecule has 3 rings (SSSR count). The summed E-state index contributed by atoms with van der Waals surface area (Å²) in [5.74, 6) is 0.544. The van der Waals surface area contributed by atoms with Crippen LogP contribution in [0.1, 0.15) is 16.1 Å². The van der Waals surface area contributed by atoms with Gasteiger partial charge in [-0.3, -0.25) is 9.78 Å². The summed E-state index contributed by atoms with van der Waals surface area (Å²) in [7, 11) is 0. The fourth-order valence-electron chi connectivity index (χ4n) is 2.09. The number of anilines is 1. The largest absolute Gasteiger partial charge is 0.487 e. The fourth-order valence-corrected chi connectivity index (χ4v) is 2.28. The zero-order valence-electron chi connectivity index (χ0n) is 12.8. The number of halogens is 1. The lowest BCUT2D eigenvalue weighted by molar-refractivity contribution is 0.102. The van der Waals surface area contributed by atoms with Gasteiger partial charge in [0.2, 0.25) is 0 Å². The summed E-state index contributed by atoms with van der Waals surface area (Å²) in [5, 5.41) is 3.35. The number of ether oxygens (including phenoxy) is 1. The van der Waals surface area contributed by atoms with E-state index in [0.29, 0.717) is 22.9 Å². The average Bonchev–Trinajstić information content (AvgIpc) is 2.61. The van der Waals surface area contributed by atoms with Crippen LogP contribution in [0.2, 0.25) is 5.02 Å². The zero-order chi connectivity index (χ0) is 16.8. The Labute approximate surface area is 145 Å². The second-order valence-electron chi connectivity index (χ2n) is 5.10. The summed E-state index contributed by atoms with van der Waals surface area (Å²) in [4.78, 5) is 16.5. The van der Waals surface area contributed by atoms with Gasteiger partial charge in [0.25, 0.3) is 5.91 Å². The smallest absolute Gasteiger partial charge is 0.257 e. The SMILES string of the molecule is O=C(Nc1cccc(Cl)c1)c1ccc(COc2ccccc2)nc1. The Kier molecular flexibility index (Phi) is 5.08. The van der Waals surface area contributed by atoms with E-state index in [1.807, 2.05) is 30.3 Å². The number of benzene rings is 2.